The molecule has 1 atom stereocenters. The lowest BCUT2D eigenvalue weighted by molar-refractivity contribution is 0.362. The van der Waals surface area contributed by atoms with Crippen LogP contribution in [0.2, 0.25) is 0 Å². The second-order valence-electron chi connectivity index (χ2n) is 5.21. The number of benzene rings is 2. The van der Waals surface area contributed by atoms with E-state index in [1.807, 2.05) is 73.7 Å². The van der Waals surface area contributed by atoms with E-state index >= 15 is 0 Å². The molecular weight excluding hydrogens is 262 g/mol. The third kappa shape index (κ3) is 4.74. The molecule has 3 nitrogen and oxygen atoms in total. The standard InChI is InChI=1S/C18H21NO2/c1-16-10-12-18(13-11-16)21-15-7-6-14-19(2,20)17-8-4-3-5-9-17/h3-13H,14-15H2,1-2H3/b7-6+. The molecule has 0 saturated heterocycles. The fourth-order valence-corrected chi connectivity index (χ4v) is 1.97. The van der Waals surface area contributed by atoms with Gasteiger partial charge in [-0.15, -0.1) is 0 Å². The van der Waals surface area contributed by atoms with Gasteiger partial charge in [-0.2, -0.15) is 0 Å². The van der Waals surface area contributed by atoms with Crippen molar-refractivity contribution in [1.29, 1.82) is 0 Å². The van der Waals surface area contributed by atoms with Crippen molar-refractivity contribution < 1.29 is 4.74 Å². The van der Waals surface area contributed by atoms with Crippen molar-refractivity contribution in [3.8, 4) is 5.75 Å². The van der Waals surface area contributed by atoms with Gasteiger partial charge in [0.1, 0.15) is 24.6 Å². The van der Waals surface area contributed by atoms with E-state index in [1.165, 1.54) is 5.56 Å². The van der Waals surface area contributed by atoms with Crippen LogP contribution >= 0.6 is 0 Å². The van der Waals surface area contributed by atoms with Gasteiger partial charge in [-0.1, -0.05) is 35.9 Å². The fourth-order valence-electron chi connectivity index (χ4n) is 1.97. The minimum absolute atomic E-state index is 0.390. The summed E-state index contributed by atoms with van der Waals surface area (Å²) in [7, 11) is 1.65. The molecule has 0 radical (unpaired) electrons. The minimum atomic E-state index is -0.415. The van der Waals surface area contributed by atoms with Gasteiger partial charge < -0.3 is 14.6 Å². The Morgan fingerprint density at radius 2 is 1.67 bits per heavy atom. The van der Waals surface area contributed by atoms with E-state index in [1.54, 1.807) is 7.05 Å². The Bertz CT molecular complexity index is 574. The highest BCUT2D eigenvalue weighted by Gasteiger charge is 2.10. The zero-order valence-corrected chi connectivity index (χ0v) is 12.5. The van der Waals surface area contributed by atoms with Crippen LogP contribution in [-0.2, 0) is 0 Å². The van der Waals surface area contributed by atoms with Gasteiger partial charge in [-0.3, -0.25) is 0 Å². The van der Waals surface area contributed by atoms with Gasteiger partial charge in [0, 0.05) is 0 Å². The predicted octanol–water partition coefficient (Wildman–Crippen LogP) is 4.07. The summed E-state index contributed by atoms with van der Waals surface area (Å²) in [5, 5.41) is 12.4. The first-order chi connectivity index (χ1) is 10.1. The summed E-state index contributed by atoms with van der Waals surface area (Å²) in [4.78, 5) is 0. The van der Waals surface area contributed by atoms with Gasteiger partial charge in [0.15, 0.2) is 0 Å². The minimum Gasteiger partial charge on any atom is -0.627 e. The topological polar surface area (TPSA) is 32.3 Å². The molecule has 0 aliphatic carbocycles. The molecular formula is C18H21NO2. The summed E-state index contributed by atoms with van der Waals surface area (Å²) in [6.07, 6.45) is 3.76. The Morgan fingerprint density at radius 3 is 2.33 bits per heavy atom. The predicted molar refractivity (Wildman–Crippen MR) is 88.2 cm³/mol. The second kappa shape index (κ2) is 7.07. The van der Waals surface area contributed by atoms with Gasteiger partial charge in [0.05, 0.1) is 7.05 Å². The Hall–Kier alpha value is -2.10. The van der Waals surface area contributed by atoms with Gasteiger partial charge >= 0.3 is 0 Å². The van der Waals surface area contributed by atoms with Crippen LogP contribution in [0.4, 0.5) is 5.69 Å². The number of aryl methyl sites for hydroxylation is 1. The summed E-state index contributed by atoms with van der Waals surface area (Å²) >= 11 is 0. The summed E-state index contributed by atoms with van der Waals surface area (Å²) in [6, 6.07) is 17.3. The van der Waals surface area contributed by atoms with Crippen LogP contribution in [0.1, 0.15) is 5.56 Å². The van der Waals surface area contributed by atoms with Crippen molar-refractivity contribution in [2.24, 2.45) is 0 Å². The lowest BCUT2D eigenvalue weighted by Gasteiger charge is -2.36. The fraction of sp³-hybridized carbons (Fsp3) is 0.222. The zero-order chi connectivity index (χ0) is 15.1. The number of hydrogen-bond acceptors (Lipinski definition) is 2. The summed E-state index contributed by atoms with van der Waals surface area (Å²) in [5.41, 5.74) is 1.96. The first kappa shape index (κ1) is 15.3. The molecule has 0 aliphatic rings. The molecule has 2 rings (SSSR count). The molecule has 2 aromatic rings. The lowest BCUT2D eigenvalue weighted by Crippen LogP contribution is -2.38. The van der Waals surface area contributed by atoms with E-state index in [9.17, 15) is 5.21 Å². The Labute approximate surface area is 126 Å². The van der Waals surface area contributed by atoms with Crippen molar-refractivity contribution in [2.75, 3.05) is 20.2 Å². The van der Waals surface area contributed by atoms with E-state index in [4.69, 9.17) is 4.74 Å². The highest BCUT2D eigenvalue weighted by Crippen LogP contribution is 2.18. The van der Waals surface area contributed by atoms with Crippen molar-refractivity contribution in [3.63, 3.8) is 0 Å². The van der Waals surface area contributed by atoms with E-state index in [0.29, 0.717) is 13.2 Å². The first-order valence-electron chi connectivity index (χ1n) is 7.04. The van der Waals surface area contributed by atoms with Crippen LogP contribution in [0.15, 0.2) is 66.7 Å². The molecule has 0 heterocycles. The Kier molecular flexibility index (Phi) is 5.14. The number of quaternary nitrogens is 1. The van der Waals surface area contributed by atoms with Crippen molar-refractivity contribution in [3.05, 3.63) is 77.5 Å². The smallest absolute Gasteiger partial charge is 0.132 e. The van der Waals surface area contributed by atoms with Crippen molar-refractivity contribution in [2.45, 2.75) is 6.92 Å². The van der Waals surface area contributed by atoms with Crippen LogP contribution in [0.3, 0.4) is 0 Å². The zero-order valence-electron chi connectivity index (χ0n) is 12.5. The van der Waals surface area contributed by atoms with Gasteiger partial charge in [-0.05, 0) is 43.3 Å². The average molecular weight is 283 g/mol. The summed E-state index contributed by atoms with van der Waals surface area (Å²) in [5.74, 6) is 0.840. The normalized spacial score (nSPS) is 14.0. The van der Waals surface area contributed by atoms with Crippen molar-refractivity contribution >= 4 is 5.69 Å². The highest BCUT2D eigenvalue weighted by molar-refractivity contribution is 5.42. The lowest BCUT2D eigenvalue weighted by atomic mass is 10.2. The molecule has 0 saturated carbocycles. The maximum Gasteiger partial charge on any atom is 0.132 e. The maximum absolute atomic E-state index is 12.4. The molecule has 0 aromatic heterocycles. The van der Waals surface area contributed by atoms with Gasteiger partial charge in [0.2, 0.25) is 0 Å². The third-order valence-corrected chi connectivity index (χ3v) is 3.29. The molecule has 0 bridgehead atoms. The number of rotatable bonds is 6. The van der Waals surface area contributed by atoms with Crippen LogP contribution in [0.5, 0.6) is 5.75 Å². The molecule has 0 fully saturated rings. The third-order valence-electron chi connectivity index (χ3n) is 3.29. The molecule has 0 aliphatic heterocycles. The second-order valence-corrected chi connectivity index (χ2v) is 5.21. The summed E-state index contributed by atoms with van der Waals surface area (Å²) < 4.78 is 5.17. The molecule has 0 amide bonds. The first-order valence-corrected chi connectivity index (χ1v) is 7.04. The van der Waals surface area contributed by atoms with Crippen LogP contribution in [0, 0.1) is 12.1 Å². The molecule has 2 aromatic carbocycles. The van der Waals surface area contributed by atoms with Crippen molar-refractivity contribution in [1.82, 2.24) is 4.65 Å². The highest BCUT2D eigenvalue weighted by atomic mass is 16.5. The molecule has 21 heavy (non-hydrogen) atoms. The van der Waals surface area contributed by atoms with E-state index in [-0.39, 0.29) is 0 Å². The molecule has 0 spiro atoms. The van der Waals surface area contributed by atoms with E-state index in [2.05, 4.69) is 0 Å². The maximum atomic E-state index is 12.4. The van der Waals surface area contributed by atoms with Crippen LogP contribution in [0.25, 0.3) is 0 Å². The molecule has 110 valence electrons. The van der Waals surface area contributed by atoms with Crippen LogP contribution < -0.4 is 9.38 Å². The average Bonchev–Trinajstić information content (AvgIpc) is 2.50. The monoisotopic (exact) mass is 283 g/mol. The van der Waals surface area contributed by atoms with Crippen LogP contribution in [-0.4, -0.2) is 20.2 Å². The Morgan fingerprint density at radius 1 is 1.00 bits per heavy atom. The number of hydroxylamine groups is 2. The quantitative estimate of drug-likeness (QED) is 0.455. The number of ether oxygens (including phenoxy) is 1. The summed E-state index contributed by atoms with van der Waals surface area (Å²) in [6.45, 7) is 2.90. The Balaban J connectivity index is 1.81. The van der Waals surface area contributed by atoms with Gasteiger partial charge in [-0.25, -0.2) is 0 Å². The van der Waals surface area contributed by atoms with E-state index < -0.39 is 4.65 Å². The SMILES string of the molecule is Cc1ccc(OC/C=C/C[N+](C)([O-])c2ccccc2)cc1. The largest absolute Gasteiger partial charge is 0.627 e. The number of nitrogens with zero attached hydrogens (tertiary/aromatic N) is 1. The number of para-hydroxylation sites is 1. The number of likely N-dealkylation sites (N-methyl/N-ethyl adjacent to an activating group) is 1. The number of hydrogen-bond donors (Lipinski definition) is 0. The molecule has 0 N–H and O–H groups in total. The van der Waals surface area contributed by atoms with E-state index in [0.717, 1.165) is 11.4 Å². The molecule has 3 heteroatoms. The molecule has 1 unspecified atom stereocenters. The van der Waals surface area contributed by atoms with Gasteiger partial charge in [0.25, 0.3) is 0 Å².